The van der Waals surface area contributed by atoms with Crippen LogP contribution in [0.1, 0.15) is 70.7 Å². The third-order valence-corrected chi connectivity index (χ3v) is 7.17. The summed E-state index contributed by atoms with van der Waals surface area (Å²) in [5, 5.41) is 6.07. The number of amides is 2. The molecule has 2 heterocycles. The van der Waals surface area contributed by atoms with Gasteiger partial charge in [0, 0.05) is 36.9 Å². The maximum atomic E-state index is 13.1. The van der Waals surface area contributed by atoms with Gasteiger partial charge in [0.15, 0.2) is 0 Å². The van der Waals surface area contributed by atoms with Crippen LogP contribution in [0.15, 0.2) is 49.7 Å². The number of esters is 1. The predicted octanol–water partition coefficient (Wildman–Crippen LogP) is 4.29. The van der Waals surface area contributed by atoms with Gasteiger partial charge in [0.05, 0.1) is 5.69 Å². The van der Waals surface area contributed by atoms with Gasteiger partial charge in [-0.2, -0.15) is 0 Å². The Kier molecular flexibility index (Phi) is 10.7. The number of allylic oxidation sites excluding steroid dienone is 1. The molecule has 1 unspecified atom stereocenters. The molecule has 0 radical (unpaired) electrons. The summed E-state index contributed by atoms with van der Waals surface area (Å²) >= 11 is 0. The molecule has 1 aliphatic heterocycles. The lowest BCUT2D eigenvalue weighted by molar-refractivity contribution is -0.157. The number of hydrazine groups is 1. The Morgan fingerprint density at radius 2 is 1.90 bits per heavy atom. The van der Waals surface area contributed by atoms with Gasteiger partial charge in [0.1, 0.15) is 24.0 Å². The van der Waals surface area contributed by atoms with Crippen molar-refractivity contribution < 1.29 is 23.9 Å². The fourth-order valence-corrected chi connectivity index (χ4v) is 4.72. The number of rotatable bonds is 12. The first-order valence-electron chi connectivity index (χ1n) is 13.8. The number of carbonyl (C=O) groups is 4. The number of Topliss-reactive ketones (excluding diaryl/α,β-unsaturated/α-hetero) is 1. The van der Waals surface area contributed by atoms with Gasteiger partial charge in [0.2, 0.25) is 5.91 Å². The molecule has 2 amide bonds. The van der Waals surface area contributed by atoms with Crippen LogP contribution in [0.3, 0.4) is 0 Å². The van der Waals surface area contributed by atoms with Gasteiger partial charge in [0.25, 0.3) is 5.91 Å². The zero-order valence-electron chi connectivity index (χ0n) is 23.8. The van der Waals surface area contributed by atoms with Crippen molar-refractivity contribution in [2.24, 2.45) is 11.8 Å². The van der Waals surface area contributed by atoms with E-state index in [0.29, 0.717) is 19.4 Å². The Morgan fingerprint density at radius 3 is 2.58 bits per heavy atom. The number of nitrogens with one attached hydrogen (secondary N) is 2. The quantitative estimate of drug-likeness (QED) is 0.300. The van der Waals surface area contributed by atoms with Crippen molar-refractivity contribution in [1.29, 1.82) is 0 Å². The molecule has 0 aliphatic carbocycles. The minimum Gasteiger partial charge on any atom is -0.457 e. The van der Waals surface area contributed by atoms with E-state index < -0.39 is 30.1 Å². The van der Waals surface area contributed by atoms with Crippen LogP contribution in [-0.2, 0) is 23.9 Å². The molecule has 214 valence electrons. The van der Waals surface area contributed by atoms with E-state index in [1.165, 1.54) is 11.1 Å². The number of ketones is 1. The highest BCUT2D eigenvalue weighted by Gasteiger charge is 2.33. The summed E-state index contributed by atoms with van der Waals surface area (Å²) in [6.07, 6.45) is 5.89. The molecule has 0 bridgehead atoms. The van der Waals surface area contributed by atoms with Crippen LogP contribution < -0.4 is 10.7 Å². The highest BCUT2D eigenvalue weighted by Crippen LogP contribution is 2.24. The van der Waals surface area contributed by atoms with Gasteiger partial charge in [-0.3, -0.25) is 29.2 Å². The van der Waals surface area contributed by atoms with E-state index in [1.807, 2.05) is 45.0 Å². The van der Waals surface area contributed by atoms with Crippen molar-refractivity contribution >= 4 is 40.4 Å². The highest BCUT2D eigenvalue weighted by molar-refractivity contribution is 5.91. The summed E-state index contributed by atoms with van der Waals surface area (Å²) in [5.41, 5.74) is 4.59. The lowest BCUT2D eigenvalue weighted by Gasteiger charge is -2.35. The molecule has 3 rings (SSSR count). The average Bonchev–Trinajstić information content (AvgIpc) is 2.94. The second kappa shape index (κ2) is 14.0. The number of hydrogen-bond acceptors (Lipinski definition) is 7. The van der Waals surface area contributed by atoms with E-state index in [9.17, 15) is 19.2 Å². The number of nitrogens with zero attached hydrogens (tertiary/aromatic N) is 2. The molecular formula is C31H40N4O5. The molecule has 0 spiro atoms. The molecule has 1 aromatic heterocycles. The fourth-order valence-electron chi connectivity index (χ4n) is 4.72. The van der Waals surface area contributed by atoms with E-state index in [2.05, 4.69) is 28.9 Å². The summed E-state index contributed by atoms with van der Waals surface area (Å²) < 4.78 is 5.77. The monoisotopic (exact) mass is 548 g/mol. The summed E-state index contributed by atoms with van der Waals surface area (Å²) in [7, 11) is 0. The first kappa shape index (κ1) is 30.7. The lowest BCUT2D eigenvalue weighted by Crippen LogP contribution is -2.59. The minimum absolute atomic E-state index is 0.0710. The van der Waals surface area contributed by atoms with Crippen molar-refractivity contribution in [3.05, 3.63) is 61.0 Å². The Morgan fingerprint density at radius 1 is 1.15 bits per heavy atom. The van der Waals surface area contributed by atoms with Gasteiger partial charge in [-0.05, 0) is 61.8 Å². The van der Waals surface area contributed by atoms with Crippen LogP contribution in [0, 0.1) is 11.8 Å². The fraction of sp³-hybridized carbons (Fsp3) is 0.452. The van der Waals surface area contributed by atoms with E-state index in [1.54, 1.807) is 19.2 Å². The second-order valence-corrected chi connectivity index (χ2v) is 10.6. The Labute approximate surface area is 236 Å². The zero-order valence-corrected chi connectivity index (χ0v) is 23.8. The number of hydrogen-bond donors (Lipinski definition) is 2. The smallest absolute Gasteiger partial charge is 0.325 e. The van der Waals surface area contributed by atoms with Crippen LogP contribution in [0.4, 0.5) is 0 Å². The van der Waals surface area contributed by atoms with Crippen LogP contribution in [0.25, 0.3) is 16.8 Å². The highest BCUT2D eigenvalue weighted by atomic mass is 16.5. The summed E-state index contributed by atoms with van der Waals surface area (Å²) in [6, 6.07) is 6.19. The lowest BCUT2D eigenvalue weighted by atomic mass is 9.89. The number of fused-ring (bicyclic) bond motifs is 1. The van der Waals surface area contributed by atoms with Crippen LogP contribution in [0.2, 0.25) is 0 Å². The minimum atomic E-state index is -0.836. The first-order chi connectivity index (χ1) is 19.0. The maximum absolute atomic E-state index is 13.1. The number of aromatic nitrogens is 1. The molecule has 40 heavy (non-hydrogen) atoms. The van der Waals surface area contributed by atoms with E-state index in [-0.39, 0.29) is 36.4 Å². The van der Waals surface area contributed by atoms with Crippen molar-refractivity contribution in [2.45, 2.75) is 71.6 Å². The molecule has 9 nitrogen and oxygen atoms in total. The molecular weight excluding hydrogens is 508 g/mol. The van der Waals surface area contributed by atoms with Crippen molar-refractivity contribution in [3.63, 3.8) is 0 Å². The van der Waals surface area contributed by atoms with Crippen molar-refractivity contribution in [1.82, 2.24) is 20.7 Å². The third-order valence-electron chi connectivity index (χ3n) is 7.17. The SMILES string of the molecule is C=CCC(=O)C[C@H](C(=O)N[C@@H](C)C(=O)N1CCC[C@@H](C(=O)OC(C)c2ccc3cnc(C=C)cc3c2)N1)C(C)C. The van der Waals surface area contributed by atoms with Crippen molar-refractivity contribution in [3.8, 4) is 0 Å². The number of benzene rings is 1. The van der Waals surface area contributed by atoms with Gasteiger partial charge >= 0.3 is 5.97 Å². The molecule has 1 aliphatic rings. The molecule has 4 atom stereocenters. The number of pyridine rings is 1. The normalized spacial score (nSPS) is 17.5. The topological polar surface area (TPSA) is 118 Å². The zero-order chi connectivity index (χ0) is 29.4. The van der Waals surface area contributed by atoms with Crippen LogP contribution in [-0.4, -0.2) is 52.2 Å². The summed E-state index contributed by atoms with van der Waals surface area (Å²) in [4.78, 5) is 55.5. The van der Waals surface area contributed by atoms with Crippen LogP contribution >= 0.6 is 0 Å². The molecule has 2 N–H and O–H groups in total. The van der Waals surface area contributed by atoms with Gasteiger partial charge in [-0.1, -0.05) is 38.6 Å². The van der Waals surface area contributed by atoms with E-state index >= 15 is 0 Å². The standard InChI is InChI=1S/C31H40N4O5/c1-7-10-26(36)17-27(19(3)4)29(37)33-20(5)30(38)35-14-9-11-28(34-35)31(39)40-21(6)22-12-13-23-18-32-25(8-2)16-24(23)15-22/h7-8,12-13,15-16,18-21,27-28,34H,1-2,9-11,14,17H2,3-6H3,(H,33,37)/t20-,21?,27-,28-/m0/s1. The molecule has 0 saturated carbocycles. The summed E-state index contributed by atoms with van der Waals surface area (Å²) in [5.74, 6) is -1.85. The van der Waals surface area contributed by atoms with Crippen molar-refractivity contribution in [2.75, 3.05) is 6.54 Å². The van der Waals surface area contributed by atoms with E-state index in [4.69, 9.17) is 4.74 Å². The molecule has 2 aromatic rings. The van der Waals surface area contributed by atoms with Gasteiger partial charge < -0.3 is 10.1 Å². The number of carbonyl (C=O) groups excluding carboxylic acids is 4. The summed E-state index contributed by atoms with van der Waals surface area (Å²) in [6.45, 7) is 14.9. The Hall–Kier alpha value is -3.85. The predicted molar refractivity (Wildman–Crippen MR) is 155 cm³/mol. The molecule has 1 fully saturated rings. The Balaban J connectivity index is 1.59. The maximum Gasteiger partial charge on any atom is 0.325 e. The molecule has 1 aromatic carbocycles. The van der Waals surface area contributed by atoms with Gasteiger partial charge in [-0.15, -0.1) is 6.58 Å². The molecule has 9 heteroatoms. The third kappa shape index (κ3) is 7.85. The largest absolute Gasteiger partial charge is 0.457 e. The average molecular weight is 549 g/mol. The molecule has 1 saturated heterocycles. The second-order valence-electron chi connectivity index (χ2n) is 10.6. The first-order valence-corrected chi connectivity index (χ1v) is 13.8. The van der Waals surface area contributed by atoms with Crippen LogP contribution in [0.5, 0.6) is 0 Å². The Bertz CT molecular complexity index is 1270. The van der Waals surface area contributed by atoms with E-state index in [0.717, 1.165) is 22.0 Å². The number of ether oxygens (including phenoxy) is 1. The van der Waals surface area contributed by atoms with Gasteiger partial charge in [-0.25, -0.2) is 5.43 Å².